The van der Waals surface area contributed by atoms with Crippen molar-refractivity contribution in [2.24, 2.45) is 5.92 Å². The molecular formula is C11H15ClN2O. The molecule has 0 aliphatic carbocycles. The van der Waals surface area contributed by atoms with Crippen molar-refractivity contribution in [1.29, 1.82) is 0 Å². The number of hydrogen-bond acceptors (Lipinski definition) is 3. The molecule has 1 fully saturated rings. The number of pyridine rings is 1. The van der Waals surface area contributed by atoms with E-state index in [2.05, 4.69) is 10.3 Å². The lowest BCUT2D eigenvalue weighted by atomic mass is 10.0. The summed E-state index contributed by atoms with van der Waals surface area (Å²) in [6.07, 6.45) is 4.01. The Hall–Kier alpha value is -0.800. The maximum Gasteiger partial charge on any atom is 0.131 e. The summed E-state index contributed by atoms with van der Waals surface area (Å²) in [5.74, 6) is 0.714. The molecule has 3 nitrogen and oxygen atoms in total. The number of rotatable bonds is 3. The second-order valence-electron chi connectivity index (χ2n) is 3.80. The molecule has 4 heteroatoms. The number of aromatic nitrogens is 1. The van der Waals surface area contributed by atoms with Crippen LogP contribution in [0.3, 0.4) is 0 Å². The van der Waals surface area contributed by atoms with Gasteiger partial charge in [0.25, 0.3) is 0 Å². The highest BCUT2D eigenvalue weighted by Crippen LogP contribution is 2.17. The lowest BCUT2D eigenvalue weighted by Crippen LogP contribution is -2.22. The zero-order valence-corrected chi connectivity index (χ0v) is 9.33. The van der Waals surface area contributed by atoms with Crippen molar-refractivity contribution in [2.45, 2.75) is 12.8 Å². The molecule has 0 atom stereocenters. The van der Waals surface area contributed by atoms with Crippen molar-refractivity contribution in [3.63, 3.8) is 0 Å². The topological polar surface area (TPSA) is 34.1 Å². The van der Waals surface area contributed by atoms with Crippen LogP contribution < -0.4 is 5.32 Å². The van der Waals surface area contributed by atoms with Crippen molar-refractivity contribution in [1.82, 2.24) is 4.98 Å². The molecule has 2 heterocycles. The number of anilines is 1. The Morgan fingerprint density at radius 3 is 3.00 bits per heavy atom. The molecular weight excluding hydrogens is 212 g/mol. The summed E-state index contributed by atoms with van der Waals surface area (Å²) in [5.41, 5.74) is 1.04. The van der Waals surface area contributed by atoms with E-state index in [1.165, 1.54) is 0 Å². The Bertz CT molecular complexity index is 313. The van der Waals surface area contributed by atoms with Crippen molar-refractivity contribution < 1.29 is 4.74 Å². The molecule has 0 saturated carbocycles. The summed E-state index contributed by atoms with van der Waals surface area (Å²) in [6.45, 7) is 2.77. The third kappa shape index (κ3) is 3.36. The van der Waals surface area contributed by atoms with Crippen molar-refractivity contribution >= 4 is 17.3 Å². The second-order valence-corrected chi connectivity index (χ2v) is 4.19. The molecule has 0 spiro atoms. The van der Waals surface area contributed by atoms with E-state index >= 15 is 0 Å². The average Bonchev–Trinajstić information content (AvgIpc) is 2.28. The van der Waals surface area contributed by atoms with Gasteiger partial charge in [-0.25, -0.2) is 4.98 Å². The first kappa shape index (κ1) is 10.7. The summed E-state index contributed by atoms with van der Waals surface area (Å²) < 4.78 is 5.31. The quantitative estimate of drug-likeness (QED) is 0.805. The fourth-order valence-corrected chi connectivity index (χ4v) is 1.90. The van der Waals surface area contributed by atoms with Crippen LogP contribution in [0, 0.1) is 5.92 Å². The van der Waals surface area contributed by atoms with Gasteiger partial charge in [-0.2, -0.15) is 0 Å². The lowest BCUT2D eigenvalue weighted by Gasteiger charge is -2.22. The van der Waals surface area contributed by atoms with Crippen LogP contribution in [0.4, 0.5) is 5.69 Å². The first-order valence-electron chi connectivity index (χ1n) is 5.28. The lowest BCUT2D eigenvalue weighted by molar-refractivity contribution is 0.0699. The fraction of sp³-hybridized carbons (Fsp3) is 0.545. The van der Waals surface area contributed by atoms with Gasteiger partial charge in [-0.15, -0.1) is 0 Å². The van der Waals surface area contributed by atoms with Gasteiger partial charge >= 0.3 is 0 Å². The number of hydrogen-bond donors (Lipinski definition) is 1. The van der Waals surface area contributed by atoms with Gasteiger partial charge in [0, 0.05) is 31.6 Å². The molecule has 0 bridgehead atoms. The molecule has 0 amide bonds. The molecule has 0 aromatic carbocycles. The SMILES string of the molecule is Clc1cc(NCC2CCOCC2)ccn1. The van der Waals surface area contributed by atoms with Crippen LogP contribution in [-0.2, 0) is 4.74 Å². The number of ether oxygens (including phenoxy) is 1. The van der Waals surface area contributed by atoms with Gasteiger partial charge in [0.2, 0.25) is 0 Å². The van der Waals surface area contributed by atoms with E-state index in [-0.39, 0.29) is 0 Å². The van der Waals surface area contributed by atoms with Gasteiger partial charge in [-0.3, -0.25) is 0 Å². The van der Waals surface area contributed by atoms with Crippen LogP contribution >= 0.6 is 11.6 Å². The van der Waals surface area contributed by atoms with E-state index in [0.29, 0.717) is 11.1 Å². The molecule has 1 aliphatic heterocycles. The molecule has 1 saturated heterocycles. The van der Waals surface area contributed by atoms with E-state index < -0.39 is 0 Å². The van der Waals surface area contributed by atoms with Gasteiger partial charge in [0.05, 0.1) is 0 Å². The average molecular weight is 227 g/mol. The molecule has 1 aliphatic rings. The predicted molar refractivity (Wildman–Crippen MR) is 61.3 cm³/mol. The first-order valence-corrected chi connectivity index (χ1v) is 5.65. The second kappa shape index (κ2) is 5.33. The molecule has 0 unspecified atom stereocenters. The van der Waals surface area contributed by atoms with Crippen LogP contribution in [0.25, 0.3) is 0 Å². The summed E-state index contributed by atoms with van der Waals surface area (Å²) >= 11 is 5.80. The molecule has 82 valence electrons. The van der Waals surface area contributed by atoms with Crippen molar-refractivity contribution in [3.8, 4) is 0 Å². The molecule has 2 rings (SSSR count). The van der Waals surface area contributed by atoms with Crippen molar-refractivity contribution in [3.05, 3.63) is 23.5 Å². The van der Waals surface area contributed by atoms with Crippen LogP contribution in [0.2, 0.25) is 5.15 Å². The minimum Gasteiger partial charge on any atom is -0.385 e. The summed E-state index contributed by atoms with van der Waals surface area (Å²) in [6, 6.07) is 3.78. The van der Waals surface area contributed by atoms with Gasteiger partial charge in [0.15, 0.2) is 0 Å². The Labute approximate surface area is 94.8 Å². The van der Waals surface area contributed by atoms with Gasteiger partial charge in [-0.1, -0.05) is 11.6 Å². The fourth-order valence-electron chi connectivity index (χ4n) is 1.73. The number of halogens is 1. The summed E-state index contributed by atoms with van der Waals surface area (Å²) in [7, 11) is 0. The molecule has 0 radical (unpaired) electrons. The third-order valence-electron chi connectivity index (χ3n) is 2.66. The van der Waals surface area contributed by atoms with Crippen LogP contribution in [0.1, 0.15) is 12.8 Å². The van der Waals surface area contributed by atoms with Gasteiger partial charge in [-0.05, 0) is 30.9 Å². The Balaban J connectivity index is 1.81. The first-order chi connectivity index (χ1) is 7.34. The van der Waals surface area contributed by atoms with Crippen LogP contribution in [0.5, 0.6) is 0 Å². The highest BCUT2D eigenvalue weighted by atomic mass is 35.5. The van der Waals surface area contributed by atoms with E-state index in [0.717, 1.165) is 38.3 Å². The number of nitrogens with one attached hydrogen (secondary N) is 1. The van der Waals surface area contributed by atoms with Gasteiger partial charge < -0.3 is 10.1 Å². The normalized spacial score (nSPS) is 17.7. The largest absolute Gasteiger partial charge is 0.385 e. The van der Waals surface area contributed by atoms with Crippen LogP contribution in [-0.4, -0.2) is 24.7 Å². The minimum atomic E-state index is 0.534. The summed E-state index contributed by atoms with van der Waals surface area (Å²) in [5, 5.41) is 3.91. The van der Waals surface area contributed by atoms with Gasteiger partial charge in [0.1, 0.15) is 5.15 Å². The maximum atomic E-state index is 5.80. The highest BCUT2D eigenvalue weighted by molar-refractivity contribution is 6.29. The molecule has 1 N–H and O–H groups in total. The smallest absolute Gasteiger partial charge is 0.131 e. The van der Waals surface area contributed by atoms with E-state index in [4.69, 9.17) is 16.3 Å². The van der Waals surface area contributed by atoms with E-state index in [1.54, 1.807) is 6.20 Å². The zero-order valence-electron chi connectivity index (χ0n) is 8.58. The Morgan fingerprint density at radius 2 is 2.27 bits per heavy atom. The van der Waals surface area contributed by atoms with E-state index in [1.807, 2.05) is 12.1 Å². The monoisotopic (exact) mass is 226 g/mol. The number of nitrogens with zero attached hydrogens (tertiary/aromatic N) is 1. The summed E-state index contributed by atoms with van der Waals surface area (Å²) in [4.78, 5) is 3.94. The highest BCUT2D eigenvalue weighted by Gasteiger charge is 2.13. The van der Waals surface area contributed by atoms with Crippen LogP contribution in [0.15, 0.2) is 18.3 Å². The standard InChI is InChI=1S/C11H15ClN2O/c12-11-7-10(1-4-13-11)14-8-9-2-5-15-6-3-9/h1,4,7,9H,2-3,5-6,8H2,(H,13,14). The molecule has 1 aromatic heterocycles. The molecule has 1 aromatic rings. The molecule has 15 heavy (non-hydrogen) atoms. The Kier molecular flexibility index (Phi) is 3.80. The third-order valence-corrected chi connectivity index (χ3v) is 2.87. The maximum absolute atomic E-state index is 5.80. The van der Waals surface area contributed by atoms with E-state index in [9.17, 15) is 0 Å². The minimum absolute atomic E-state index is 0.534. The Morgan fingerprint density at radius 1 is 1.47 bits per heavy atom. The predicted octanol–water partition coefficient (Wildman–Crippen LogP) is 2.57. The van der Waals surface area contributed by atoms with Crippen molar-refractivity contribution in [2.75, 3.05) is 25.1 Å². The zero-order chi connectivity index (χ0) is 10.5.